The molecule has 0 radical (unpaired) electrons. The molecule has 1 aromatic carbocycles. The molecule has 1 unspecified atom stereocenters. The zero-order valence-corrected chi connectivity index (χ0v) is 12.9. The van der Waals surface area contributed by atoms with Crippen molar-refractivity contribution >= 4 is 12.2 Å². The Hall–Kier alpha value is -1.93. The number of aromatic nitrogens is 1. The fourth-order valence-electron chi connectivity index (χ4n) is 1.96. The predicted octanol–water partition coefficient (Wildman–Crippen LogP) is 3.96. The van der Waals surface area contributed by atoms with Crippen molar-refractivity contribution < 1.29 is 9.30 Å². The Morgan fingerprint density at radius 2 is 1.62 bits per heavy atom. The Labute approximate surface area is 127 Å². The fraction of sp³-hybridized carbons (Fsp3) is 0.316. The highest BCUT2D eigenvalue weighted by molar-refractivity contribution is 5.68. The molecule has 1 atom stereocenters. The molecule has 0 aliphatic carbocycles. The van der Waals surface area contributed by atoms with Crippen LogP contribution in [-0.4, -0.2) is 12.7 Å². The van der Waals surface area contributed by atoms with Crippen LogP contribution in [0.4, 0.5) is 0 Å². The lowest BCUT2D eigenvalue weighted by Crippen LogP contribution is -2.35. The van der Waals surface area contributed by atoms with Crippen molar-refractivity contribution in [1.82, 2.24) is 0 Å². The van der Waals surface area contributed by atoms with Gasteiger partial charge in [0.25, 0.3) is 0 Å². The summed E-state index contributed by atoms with van der Waals surface area (Å²) < 4.78 is 7.85. The molecule has 0 bridgehead atoms. The number of nitrogens with zero attached hydrogens (tertiary/aromatic N) is 1. The Kier molecular flexibility index (Phi) is 6.17. The molecule has 21 heavy (non-hydrogen) atoms. The summed E-state index contributed by atoms with van der Waals surface area (Å²) in [6.45, 7) is 5.92. The minimum atomic E-state index is 0.346. The highest BCUT2D eigenvalue weighted by atomic mass is 16.5. The summed E-state index contributed by atoms with van der Waals surface area (Å²) in [5.41, 5.74) is 2.43. The maximum absolute atomic E-state index is 5.70. The number of benzene rings is 1. The van der Waals surface area contributed by atoms with Crippen LogP contribution in [0.2, 0.25) is 0 Å². The Morgan fingerprint density at radius 1 is 1.00 bits per heavy atom. The van der Waals surface area contributed by atoms with Crippen LogP contribution in [0.5, 0.6) is 0 Å². The minimum absolute atomic E-state index is 0.346. The van der Waals surface area contributed by atoms with Gasteiger partial charge in [-0.1, -0.05) is 49.4 Å². The number of hydrogen-bond donors (Lipinski definition) is 0. The fourth-order valence-corrected chi connectivity index (χ4v) is 1.96. The largest absolute Gasteiger partial charge is 0.372 e. The molecule has 0 aliphatic rings. The second-order valence-corrected chi connectivity index (χ2v) is 5.20. The van der Waals surface area contributed by atoms with E-state index in [9.17, 15) is 0 Å². The second-order valence-electron chi connectivity index (χ2n) is 5.20. The molecule has 0 saturated carbocycles. The first-order valence-electron chi connectivity index (χ1n) is 7.62. The monoisotopic (exact) mass is 282 g/mol. The molecule has 1 heterocycles. The van der Waals surface area contributed by atoms with Crippen molar-refractivity contribution in [3.8, 4) is 0 Å². The van der Waals surface area contributed by atoms with Gasteiger partial charge in [0.05, 0.1) is 6.10 Å². The standard InChI is InChI=1S/C19H24NO/c1-3-17(2)21-16-15-20-13-11-19(12-14-20)10-9-18-7-5-4-6-8-18/h4-14,17H,3,15-16H2,1-2H3/q+1. The molecule has 2 nitrogen and oxygen atoms in total. The molecule has 0 fully saturated rings. The number of pyridine rings is 1. The molecule has 0 N–H and O–H groups in total. The minimum Gasteiger partial charge on any atom is -0.372 e. The van der Waals surface area contributed by atoms with Gasteiger partial charge in [0.2, 0.25) is 0 Å². The zero-order chi connectivity index (χ0) is 14.9. The van der Waals surface area contributed by atoms with Crippen LogP contribution < -0.4 is 4.57 Å². The Balaban J connectivity index is 1.86. The maximum atomic E-state index is 5.70. The third-order valence-electron chi connectivity index (χ3n) is 3.51. The van der Waals surface area contributed by atoms with E-state index >= 15 is 0 Å². The molecule has 0 amide bonds. The molecule has 110 valence electrons. The molecule has 2 rings (SSSR count). The van der Waals surface area contributed by atoms with E-state index in [1.165, 1.54) is 11.1 Å². The predicted molar refractivity (Wildman–Crippen MR) is 87.7 cm³/mol. The lowest BCUT2D eigenvalue weighted by Gasteiger charge is -2.08. The summed E-state index contributed by atoms with van der Waals surface area (Å²) in [5.74, 6) is 0. The van der Waals surface area contributed by atoms with Gasteiger partial charge in [-0.25, -0.2) is 4.57 Å². The van der Waals surface area contributed by atoms with Crippen molar-refractivity contribution in [1.29, 1.82) is 0 Å². The van der Waals surface area contributed by atoms with Crippen LogP contribution in [0, 0.1) is 0 Å². The molecule has 2 heteroatoms. The smallest absolute Gasteiger partial charge is 0.171 e. The third-order valence-corrected chi connectivity index (χ3v) is 3.51. The molecule has 0 aliphatic heterocycles. The molecular formula is C19H24NO+. The van der Waals surface area contributed by atoms with Crippen LogP contribution in [0.3, 0.4) is 0 Å². The summed E-state index contributed by atoms with van der Waals surface area (Å²) in [7, 11) is 0. The van der Waals surface area contributed by atoms with Gasteiger partial charge in [-0.2, -0.15) is 0 Å². The first kappa shape index (κ1) is 15.5. The van der Waals surface area contributed by atoms with Crippen molar-refractivity contribution in [2.45, 2.75) is 32.9 Å². The summed E-state index contributed by atoms with van der Waals surface area (Å²) in [6.07, 6.45) is 9.88. The van der Waals surface area contributed by atoms with Gasteiger partial charge in [-0.05, 0) is 24.5 Å². The zero-order valence-electron chi connectivity index (χ0n) is 12.9. The quantitative estimate of drug-likeness (QED) is 0.701. The molecule has 0 saturated heterocycles. The first-order chi connectivity index (χ1) is 10.3. The third kappa shape index (κ3) is 5.52. The van der Waals surface area contributed by atoms with Crippen LogP contribution in [0.1, 0.15) is 31.4 Å². The van der Waals surface area contributed by atoms with Gasteiger partial charge in [0.15, 0.2) is 18.9 Å². The number of ether oxygens (including phenoxy) is 1. The highest BCUT2D eigenvalue weighted by Gasteiger charge is 2.02. The van der Waals surface area contributed by atoms with Crippen molar-refractivity contribution in [2.24, 2.45) is 0 Å². The summed E-state index contributed by atoms with van der Waals surface area (Å²) in [5, 5.41) is 0. The lowest BCUT2D eigenvalue weighted by molar-refractivity contribution is -0.698. The topological polar surface area (TPSA) is 13.1 Å². The van der Waals surface area contributed by atoms with Crippen LogP contribution in [-0.2, 0) is 11.3 Å². The van der Waals surface area contributed by atoms with Gasteiger partial charge in [0, 0.05) is 12.1 Å². The lowest BCUT2D eigenvalue weighted by atomic mass is 10.1. The van der Waals surface area contributed by atoms with Crippen molar-refractivity contribution in [3.05, 3.63) is 66.0 Å². The SMILES string of the molecule is CCC(C)OCC[n+]1ccc(C=Cc2ccccc2)cc1. The van der Waals surface area contributed by atoms with E-state index in [1.54, 1.807) is 0 Å². The van der Waals surface area contributed by atoms with Crippen LogP contribution in [0.25, 0.3) is 12.2 Å². The average Bonchev–Trinajstić information content (AvgIpc) is 2.55. The van der Waals surface area contributed by atoms with Crippen LogP contribution >= 0.6 is 0 Å². The van der Waals surface area contributed by atoms with Gasteiger partial charge in [-0.3, -0.25) is 0 Å². The summed E-state index contributed by atoms with van der Waals surface area (Å²) >= 11 is 0. The Morgan fingerprint density at radius 3 is 2.24 bits per heavy atom. The van der Waals surface area contributed by atoms with E-state index in [2.05, 4.69) is 79.4 Å². The van der Waals surface area contributed by atoms with Gasteiger partial charge in [-0.15, -0.1) is 0 Å². The van der Waals surface area contributed by atoms with E-state index in [4.69, 9.17) is 4.74 Å². The van der Waals surface area contributed by atoms with E-state index in [1.807, 2.05) is 6.07 Å². The van der Waals surface area contributed by atoms with Gasteiger partial charge in [0.1, 0.15) is 6.61 Å². The first-order valence-corrected chi connectivity index (χ1v) is 7.62. The average molecular weight is 282 g/mol. The normalized spacial score (nSPS) is 12.7. The molecule has 2 aromatic rings. The van der Waals surface area contributed by atoms with Crippen LogP contribution in [0.15, 0.2) is 54.9 Å². The number of rotatable bonds is 7. The van der Waals surface area contributed by atoms with E-state index in [0.29, 0.717) is 6.10 Å². The van der Waals surface area contributed by atoms with Crippen molar-refractivity contribution in [2.75, 3.05) is 6.61 Å². The Bertz CT molecular complexity index is 546. The van der Waals surface area contributed by atoms with Crippen molar-refractivity contribution in [3.63, 3.8) is 0 Å². The van der Waals surface area contributed by atoms with E-state index in [-0.39, 0.29) is 0 Å². The van der Waals surface area contributed by atoms with Gasteiger partial charge >= 0.3 is 0 Å². The molecule has 1 aromatic heterocycles. The van der Waals surface area contributed by atoms with Gasteiger partial charge < -0.3 is 4.74 Å². The summed E-state index contributed by atoms with van der Waals surface area (Å²) in [6, 6.07) is 14.6. The van der Waals surface area contributed by atoms with E-state index < -0.39 is 0 Å². The number of hydrogen-bond acceptors (Lipinski definition) is 1. The highest BCUT2D eigenvalue weighted by Crippen LogP contribution is 2.06. The second kappa shape index (κ2) is 8.38. The molecule has 0 spiro atoms. The maximum Gasteiger partial charge on any atom is 0.171 e. The summed E-state index contributed by atoms with van der Waals surface area (Å²) in [4.78, 5) is 0. The van der Waals surface area contributed by atoms with E-state index in [0.717, 1.165) is 19.6 Å². The molecular weight excluding hydrogens is 258 g/mol.